The molecule has 102 valence electrons. The van der Waals surface area contributed by atoms with E-state index in [4.69, 9.17) is 5.26 Å². The number of hydrogen-bond acceptors (Lipinski definition) is 4. The van der Waals surface area contributed by atoms with Crippen LogP contribution in [0.1, 0.15) is 31.2 Å². The molecule has 2 rings (SSSR count). The molecule has 0 saturated carbocycles. The average Bonchev–Trinajstić information content (AvgIpc) is 2.40. The molecule has 1 heterocycles. The molecule has 0 bridgehead atoms. The fraction of sp³-hybridized carbons (Fsp3) is 0.214. The van der Waals surface area contributed by atoms with Crippen LogP contribution in [0.4, 0.5) is 15.9 Å². The molecular weight excluding hydrogens is 323 g/mol. The summed E-state index contributed by atoms with van der Waals surface area (Å²) in [5.74, 6) is 0.832. The maximum absolute atomic E-state index is 13.8. The smallest absolute Gasteiger partial charge is 0.147 e. The van der Waals surface area contributed by atoms with E-state index in [0.29, 0.717) is 16.2 Å². The number of benzene rings is 1. The van der Waals surface area contributed by atoms with Crippen molar-refractivity contribution in [3.8, 4) is 6.07 Å². The zero-order chi connectivity index (χ0) is 14.7. The second kappa shape index (κ2) is 5.97. The van der Waals surface area contributed by atoms with Crippen molar-refractivity contribution in [3.05, 3.63) is 46.1 Å². The van der Waals surface area contributed by atoms with E-state index < -0.39 is 5.82 Å². The molecule has 20 heavy (non-hydrogen) atoms. The number of halogens is 2. The predicted octanol–water partition coefficient (Wildman–Crippen LogP) is 4.12. The van der Waals surface area contributed by atoms with Gasteiger partial charge in [-0.05, 0) is 34.1 Å². The second-order valence-electron chi connectivity index (χ2n) is 4.52. The van der Waals surface area contributed by atoms with Gasteiger partial charge in [0.1, 0.15) is 22.1 Å². The Morgan fingerprint density at radius 2 is 2.05 bits per heavy atom. The Morgan fingerprint density at radius 1 is 1.30 bits per heavy atom. The van der Waals surface area contributed by atoms with Gasteiger partial charge in [-0.15, -0.1) is 0 Å². The van der Waals surface area contributed by atoms with Gasteiger partial charge < -0.3 is 5.32 Å². The zero-order valence-electron chi connectivity index (χ0n) is 11.0. The van der Waals surface area contributed by atoms with Gasteiger partial charge in [-0.1, -0.05) is 13.8 Å². The molecule has 0 aliphatic carbocycles. The Balaban J connectivity index is 2.33. The molecule has 0 aliphatic heterocycles. The molecule has 0 unspecified atom stereocenters. The SMILES string of the molecule is CC(C)c1nc(Br)cc(Nc2ccc(C#N)cc2F)n1. The van der Waals surface area contributed by atoms with Gasteiger partial charge in [0.05, 0.1) is 17.3 Å². The largest absolute Gasteiger partial charge is 0.338 e. The highest BCUT2D eigenvalue weighted by Crippen LogP contribution is 2.23. The summed E-state index contributed by atoms with van der Waals surface area (Å²) in [5.41, 5.74) is 0.545. The Kier molecular flexibility index (Phi) is 4.30. The van der Waals surface area contributed by atoms with Crippen LogP contribution < -0.4 is 5.32 Å². The summed E-state index contributed by atoms with van der Waals surface area (Å²) in [7, 11) is 0. The summed E-state index contributed by atoms with van der Waals surface area (Å²) < 4.78 is 14.4. The molecule has 2 aromatic rings. The third-order valence-electron chi connectivity index (χ3n) is 2.59. The molecule has 0 saturated heterocycles. The molecule has 6 heteroatoms. The van der Waals surface area contributed by atoms with E-state index in [-0.39, 0.29) is 17.2 Å². The Bertz CT molecular complexity index is 679. The Morgan fingerprint density at radius 3 is 2.65 bits per heavy atom. The van der Waals surface area contributed by atoms with Gasteiger partial charge in [0.25, 0.3) is 0 Å². The van der Waals surface area contributed by atoms with Crippen LogP contribution in [0.5, 0.6) is 0 Å². The third-order valence-corrected chi connectivity index (χ3v) is 3.00. The lowest BCUT2D eigenvalue weighted by Crippen LogP contribution is -2.03. The maximum Gasteiger partial charge on any atom is 0.147 e. The molecule has 0 aliphatic rings. The standard InChI is InChI=1S/C14H12BrFN4/c1-8(2)14-19-12(15)6-13(20-14)18-11-4-3-9(7-17)5-10(11)16/h3-6,8H,1-2H3,(H,18,19,20). The first kappa shape index (κ1) is 14.4. The fourth-order valence-corrected chi connectivity index (χ4v) is 1.98. The molecule has 4 nitrogen and oxygen atoms in total. The van der Waals surface area contributed by atoms with Crippen molar-refractivity contribution in [2.45, 2.75) is 19.8 Å². The molecular formula is C14H12BrFN4. The number of hydrogen-bond donors (Lipinski definition) is 1. The summed E-state index contributed by atoms with van der Waals surface area (Å²) in [6.45, 7) is 3.96. The first-order chi connectivity index (χ1) is 9.49. The van der Waals surface area contributed by atoms with Gasteiger partial charge in [0.2, 0.25) is 0 Å². The summed E-state index contributed by atoms with van der Waals surface area (Å²) in [5, 5.41) is 11.6. The summed E-state index contributed by atoms with van der Waals surface area (Å²) >= 11 is 3.31. The van der Waals surface area contributed by atoms with Crippen LogP contribution in [0.2, 0.25) is 0 Å². The van der Waals surface area contributed by atoms with E-state index in [2.05, 4.69) is 31.2 Å². The zero-order valence-corrected chi connectivity index (χ0v) is 12.6. The van der Waals surface area contributed by atoms with E-state index >= 15 is 0 Å². The van der Waals surface area contributed by atoms with Crippen LogP contribution in [-0.2, 0) is 0 Å². The second-order valence-corrected chi connectivity index (χ2v) is 5.33. The minimum Gasteiger partial charge on any atom is -0.338 e. The predicted molar refractivity (Wildman–Crippen MR) is 78.2 cm³/mol. The molecule has 1 aromatic carbocycles. The van der Waals surface area contributed by atoms with Gasteiger partial charge in [-0.2, -0.15) is 5.26 Å². The van der Waals surface area contributed by atoms with Gasteiger partial charge in [0, 0.05) is 12.0 Å². The van der Waals surface area contributed by atoms with Crippen molar-refractivity contribution >= 4 is 27.4 Å². The van der Waals surface area contributed by atoms with Crippen molar-refractivity contribution in [2.75, 3.05) is 5.32 Å². The van der Waals surface area contributed by atoms with Crippen LogP contribution in [0.25, 0.3) is 0 Å². The normalized spacial score (nSPS) is 10.4. The van der Waals surface area contributed by atoms with Crippen LogP contribution in [0.15, 0.2) is 28.9 Å². The average molecular weight is 335 g/mol. The van der Waals surface area contributed by atoms with Gasteiger partial charge in [-0.3, -0.25) is 0 Å². The number of nitriles is 1. The number of nitrogens with zero attached hydrogens (tertiary/aromatic N) is 3. The molecule has 0 fully saturated rings. The first-order valence-corrected chi connectivity index (χ1v) is 6.80. The topological polar surface area (TPSA) is 61.6 Å². The van der Waals surface area contributed by atoms with Crippen LogP contribution in [0.3, 0.4) is 0 Å². The fourth-order valence-electron chi connectivity index (χ4n) is 1.58. The number of aromatic nitrogens is 2. The van der Waals surface area contributed by atoms with E-state index in [1.165, 1.54) is 12.1 Å². The first-order valence-electron chi connectivity index (χ1n) is 6.00. The van der Waals surface area contributed by atoms with Crippen LogP contribution >= 0.6 is 15.9 Å². The van der Waals surface area contributed by atoms with E-state index in [9.17, 15) is 4.39 Å². The van der Waals surface area contributed by atoms with Crippen LogP contribution in [-0.4, -0.2) is 9.97 Å². The molecule has 1 aromatic heterocycles. The van der Waals surface area contributed by atoms with Crippen LogP contribution in [0, 0.1) is 17.1 Å². The molecule has 0 amide bonds. The lowest BCUT2D eigenvalue weighted by molar-refractivity contribution is 0.631. The highest BCUT2D eigenvalue weighted by atomic mass is 79.9. The third kappa shape index (κ3) is 3.31. The highest BCUT2D eigenvalue weighted by molar-refractivity contribution is 9.10. The van der Waals surface area contributed by atoms with E-state index in [1.807, 2.05) is 19.9 Å². The highest BCUT2D eigenvalue weighted by Gasteiger charge is 2.09. The van der Waals surface area contributed by atoms with Crippen molar-refractivity contribution in [1.82, 2.24) is 9.97 Å². The van der Waals surface area contributed by atoms with Gasteiger partial charge in [0.15, 0.2) is 0 Å². The van der Waals surface area contributed by atoms with E-state index in [0.717, 1.165) is 0 Å². The maximum atomic E-state index is 13.8. The Hall–Kier alpha value is -2.00. The molecule has 1 N–H and O–H groups in total. The molecule has 0 atom stereocenters. The van der Waals surface area contributed by atoms with Gasteiger partial charge in [-0.25, -0.2) is 14.4 Å². The number of anilines is 2. The van der Waals surface area contributed by atoms with Crippen molar-refractivity contribution in [2.24, 2.45) is 0 Å². The number of nitrogens with one attached hydrogen (secondary N) is 1. The Labute approximate surface area is 124 Å². The summed E-state index contributed by atoms with van der Waals surface area (Å²) in [6.07, 6.45) is 0. The van der Waals surface area contributed by atoms with Crippen molar-refractivity contribution in [3.63, 3.8) is 0 Å². The lowest BCUT2D eigenvalue weighted by Gasteiger charge is -2.10. The quantitative estimate of drug-likeness (QED) is 0.857. The summed E-state index contributed by atoms with van der Waals surface area (Å²) in [4.78, 5) is 8.58. The molecule has 0 spiro atoms. The summed E-state index contributed by atoms with van der Waals surface area (Å²) in [6, 6.07) is 7.80. The minimum atomic E-state index is -0.495. The van der Waals surface area contributed by atoms with E-state index in [1.54, 1.807) is 12.1 Å². The van der Waals surface area contributed by atoms with Crippen molar-refractivity contribution in [1.29, 1.82) is 5.26 Å². The minimum absolute atomic E-state index is 0.166. The number of rotatable bonds is 3. The molecule has 0 radical (unpaired) electrons. The van der Waals surface area contributed by atoms with Gasteiger partial charge >= 0.3 is 0 Å². The lowest BCUT2D eigenvalue weighted by atomic mass is 10.2. The van der Waals surface area contributed by atoms with Crippen molar-refractivity contribution < 1.29 is 4.39 Å². The monoisotopic (exact) mass is 334 g/mol.